The lowest BCUT2D eigenvalue weighted by Gasteiger charge is -2.43. The first kappa shape index (κ1) is 24.8. The third-order valence-corrected chi connectivity index (χ3v) is 15.3. The molecule has 0 bridgehead atoms. The van der Waals surface area contributed by atoms with Crippen molar-refractivity contribution in [2.24, 2.45) is 0 Å². The Morgan fingerprint density at radius 2 is 1.33 bits per heavy atom. The van der Waals surface area contributed by atoms with E-state index in [0.717, 1.165) is 0 Å². The minimum atomic E-state index is -2.21. The highest BCUT2D eigenvalue weighted by atomic mass is 28.4. The summed E-state index contributed by atoms with van der Waals surface area (Å²) in [6.07, 6.45) is -2.60. The summed E-state index contributed by atoms with van der Waals surface area (Å²) in [4.78, 5) is 12.4. The summed E-state index contributed by atoms with van der Waals surface area (Å²) in [5.41, 5.74) is 0. The molecule has 1 rings (SSSR count). The number of esters is 1. The molecular weight excluding hydrogens is 380 g/mol. The van der Waals surface area contributed by atoms with Gasteiger partial charge in [0.2, 0.25) is 0 Å². The molecule has 0 amide bonds. The van der Waals surface area contributed by atoms with Gasteiger partial charge < -0.3 is 23.4 Å². The van der Waals surface area contributed by atoms with Gasteiger partial charge in [-0.3, -0.25) is 0 Å². The SMILES string of the molecule is COC(=O)[C@@H]1O[C@H](CO)[C@@H](O[Si](C)(C)C(C)(C)C)[C@H]1O[Si](C)(C)C(C)(C)C. The van der Waals surface area contributed by atoms with E-state index >= 15 is 0 Å². The average Bonchev–Trinajstić information content (AvgIpc) is 2.81. The van der Waals surface area contributed by atoms with Gasteiger partial charge in [0.25, 0.3) is 0 Å². The van der Waals surface area contributed by atoms with E-state index in [-0.39, 0.29) is 16.7 Å². The fraction of sp³-hybridized carbons (Fsp3) is 0.947. The summed E-state index contributed by atoms with van der Waals surface area (Å²) in [5, 5.41) is 9.85. The van der Waals surface area contributed by atoms with Gasteiger partial charge in [0.1, 0.15) is 18.3 Å². The molecule has 8 heteroatoms. The van der Waals surface area contributed by atoms with E-state index in [4.69, 9.17) is 18.3 Å². The second-order valence-electron chi connectivity index (χ2n) is 10.5. The maximum Gasteiger partial charge on any atom is 0.337 e. The van der Waals surface area contributed by atoms with Gasteiger partial charge in [0, 0.05) is 0 Å². The van der Waals surface area contributed by atoms with Crippen molar-refractivity contribution in [2.45, 2.75) is 102 Å². The van der Waals surface area contributed by atoms with Gasteiger partial charge in [-0.05, 0) is 36.3 Å². The standard InChI is InChI=1S/C19H40O6Si2/c1-18(2,3)26(8,9)24-14-13(12-20)23-16(17(21)22-7)15(14)25-27(10,11)19(4,5)6/h13-16,20H,12H2,1-11H3/t13-,14-,15-,16-/m1/s1. The fourth-order valence-electron chi connectivity index (χ4n) is 2.49. The Hall–Kier alpha value is -0.256. The summed E-state index contributed by atoms with van der Waals surface area (Å²) in [6.45, 7) is 21.3. The zero-order chi connectivity index (χ0) is 21.4. The third-order valence-electron chi connectivity index (χ3n) is 6.40. The van der Waals surface area contributed by atoms with Gasteiger partial charge in [-0.15, -0.1) is 0 Å². The number of carbonyl (C=O) groups is 1. The largest absolute Gasteiger partial charge is 0.467 e. The van der Waals surface area contributed by atoms with E-state index in [2.05, 4.69) is 67.7 Å². The molecule has 0 aliphatic carbocycles. The Balaban J connectivity index is 3.30. The minimum absolute atomic E-state index is 0.0160. The van der Waals surface area contributed by atoms with Crippen LogP contribution in [0.5, 0.6) is 0 Å². The number of aliphatic hydroxyl groups is 1. The molecule has 1 aliphatic rings. The zero-order valence-corrected chi connectivity index (χ0v) is 21.0. The fourth-order valence-corrected chi connectivity index (χ4v) is 5.10. The molecule has 1 saturated heterocycles. The lowest BCUT2D eigenvalue weighted by atomic mass is 10.1. The van der Waals surface area contributed by atoms with Gasteiger partial charge in [-0.1, -0.05) is 41.5 Å². The number of hydrogen-bond acceptors (Lipinski definition) is 6. The monoisotopic (exact) mass is 420 g/mol. The van der Waals surface area contributed by atoms with Crippen LogP contribution >= 0.6 is 0 Å². The molecule has 0 aromatic rings. The Kier molecular flexibility index (Phi) is 7.56. The molecule has 0 radical (unpaired) electrons. The summed E-state index contributed by atoms with van der Waals surface area (Å²) in [7, 11) is -3.04. The predicted octanol–water partition coefficient (Wildman–Crippen LogP) is 3.70. The van der Waals surface area contributed by atoms with Crippen molar-refractivity contribution < 1.29 is 28.2 Å². The molecule has 1 N–H and O–H groups in total. The zero-order valence-electron chi connectivity index (χ0n) is 19.0. The van der Waals surface area contributed by atoms with Crippen LogP contribution in [-0.2, 0) is 23.1 Å². The van der Waals surface area contributed by atoms with Gasteiger partial charge >= 0.3 is 5.97 Å². The molecule has 1 heterocycles. The molecular formula is C19H40O6Si2. The molecule has 4 atom stereocenters. The van der Waals surface area contributed by atoms with E-state index in [1.165, 1.54) is 7.11 Å². The molecule has 1 aliphatic heterocycles. The van der Waals surface area contributed by atoms with Crippen LogP contribution in [0.3, 0.4) is 0 Å². The second-order valence-corrected chi connectivity index (χ2v) is 20.0. The first-order valence-electron chi connectivity index (χ1n) is 9.68. The minimum Gasteiger partial charge on any atom is -0.467 e. The second kappa shape index (κ2) is 8.24. The lowest BCUT2D eigenvalue weighted by Crippen LogP contribution is -2.55. The van der Waals surface area contributed by atoms with Crippen LogP contribution in [0.4, 0.5) is 0 Å². The number of methoxy groups -OCH3 is 1. The lowest BCUT2D eigenvalue weighted by molar-refractivity contribution is -0.157. The van der Waals surface area contributed by atoms with Gasteiger partial charge in [0.15, 0.2) is 22.7 Å². The van der Waals surface area contributed by atoms with Crippen molar-refractivity contribution in [1.82, 2.24) is 0 Å². The number of rotatable bonds is 6. The van der Waals surface area contributed by atoms with Crippen LogP contribution in [0, 0.1) is 0 Å². The molecule has 160 valence electrons. The maximum absolute atomic E-state index is 12.4. The molecule has 1 fully saturated rings. The van der Waals surface area contributed by atoms with Crippen molar-refractivity contribution in [3.8, 4) is 0 Å². The number of hydrogen-bond donors (Lipinski definition) is 1. The van der Waals surface area contributed by atoms with Crippen LogP contribution in [0.15, 0.2) is 0 Å². The van der Waals surface area contributed by atoms with Crippen LogP contribution in [0.25, 0.3) is 0 Å². The predicted molar refractivity (Wildman–Crippen MR) is 112 cm³/mol. The summed E-state index contributed by atoms with van der Waals surface area (Å²) in [6, 6.07) is 0. The van der Waals surface area contributed by atoms with Gasteiger partial charge in [-0.25, -0.2) is 4.79 Å². The van der Waals surface area contributed by atoms with Crippen LogP contribution in [0.2, 0.25) is 36.3 Å². The van der Waals surface area contributed by atoms with E-state index < -0.39 is 47.0 Å². The van der Waals surface area contributed by atoms with Crippen molar-refractivity contribution in [3.05, 3.63) is 0 Å². The number of carbonyl (C=O) groups excluding carboxylic acids is 1. The van der Waals surface area contributed by atoms with Crippen LogP contribution < -0.4 is 0 Å². The van der Waals surface area contributed by atoms with Crippen molar-refractivity contribution in [3.63, 3.8) is 0 Å². The highest BCUT2D eigenvalue weighted by molar-refractivity contribution is 6.74. The highest BCUT2D eigenvalue weighted by Gasteiger charge is 2.55. The first-order chi connectivity index (χ1) is 12.0. The number of aliphatic hydroxyl groups excluding tert-OH is 1. The van der Waals surface area contributed by atoms with Crippen LogP contribution in [0.1, 0.15) is 41.5 Å². The molecule has 0 unspecified atom stereocenters. The van der Waals surface area contributed by atoms with Crippen molar-refractivity contribution >= 4 is 22.6 Å². The topological polar surface area (TPSA) is 74.2 Å². The summed E-state index contributed by atoms with van der Waals surface area (Å²) < 4.78 is 24.0. The summed E-state index contributed by atoms with van der Waals surface area (Å²) >= 11 is 0. The van der Waals surface area contributed by atoms with E-state index in [9.17, 15) is 9.90 Å². The quantitative estimate of drug-likeness (QED) is 0.522. The molecule has 0 aromatic carbocycles. The Bertz CT molecular complexity index is 521. The number of ether oxygens (including phenoxy) is 2. The highest BCUT2D eigenvalue weighted by Crippen LogP contribution is 2.43. The Morgan fingerprint density at radius 1 is 0.926 bits per heavy atom. The van der Waals surface area contributed by atoms with E-state index in [1.54, 1.807) is 0 Å². The first-order valence-corrected chi connectivity index (χ1v) is 15.5. The van der Waals surface area contributed by atoms with Gasteiger partial charge in [-0.2, -0.15) is 0 Å². The van der Waals surface area contributed by atoms with Crippen molar-refractivity contribution in [1.29, 1.82) is 0 Å². The van der Waals surface area contributed by atoms with Crippen molar-refractivity contribution in [2.75, 3.05) is 13.7 Å². The molecule has 27 heavy (non-hydrogen) atoms. The average molecular weight is 421 g/mol. The molecule has 0 spiro atoms. The Morgan fingerprint density at radius 3 is 1.67 bits per heavy atom. The van der Waals surface area contributed by atoms with Gasteiger partial charge in [0.05, 0.1) is 13.7 Å². The normalized spacial score (nSPS) is 27.7. The summed E-state index contributed by atoms with van der Waals surface area (Å²) in [5.74, 6) is -0.488. The molecule has 0 saturated carbocycles. The maximum atomic E-state index is 12.4. The van der Waals surface area contributed by atoms with E-state index in [1.807, 2.05) is 0 Å². The molecule has 6 nitrogen and oxygen atoms in total. The van der Waals surface area contributed by atoms with E-state index in [0.29, 0.717) is 0 Å². The van der Waals surface area contributed by atoms with Crippen LogP contribution in [-0.4, -0.2) is 65.8 Å². The smallest absolute Gasteiger partial charge is 0.337 e. The Labute approximate surface area is 167 Å². The molecule has 0 aromatic heterocycles. The third kappa shape index (κ3) is 5.42.